The molecule has 6 nitrogen and oxygen atoms in total. The van der Waals surface area contributed by atoms with Gasteiger partial charge in [-0.05, 0) is 42.5 Å². The van der Waals surface area contributed by atoms with Crippen molar-refractivity contribution in [2.45, 2.75) is 18.4 Å². The van der Waals surface area contributed by atoms with Gasteiger partial charge in [-0.15, -0.1) is 0 Å². The number of carbonyl (C=O) groups is 1. The van der Waals surface area contributed by atoms with Crippen LogP contribution in [0.2, 0.25) is 0 Å². The Morgan fingerprint density at radius 1 is 1.09 bits per heavy atom. The first-order valence-corrected chi connectivity index (χ1v) is 10.3. The smallest absolute Gasteiger partial charge is 0.416 e. The van der Waals surface area contributed by atoms with Crippen molar-refractivity contribution in [3.63, 3.8) is 0 Å². The summed E-state index contributed by atoms with van der Waals surface area (Å²) in [6, 6.07) is 8.91. The average molecular weight is 494 g/mol. The van der Waals surface area contributed by atoms with Gasteiger partial charge < -0.3 is 19.8 Å². The number of carbonyl (C=O) groups excluding carboxylic acids is 1. The first-order valence-electron chi connectivity index (χ1n) is 10.3. The zero-order valence-electron chi connectivity index (χ0n) is 17.7. The van der Waals surface area contributed by atoms with Crippen LogP contribution >= 0.6 is 0 Å². The number of hydrogen-bond donors (Lipinski definition) is 1. The molecule has 1 aliphatic heterocycles. The molecule has 1 amide bonds. The summed E-state index contributed by atoms with van der Waals surface area (Å²) in [4.78, 5) is 18.2. The minimum absolute atomic E-state index is 0.0521. The third-order valence-corrected chi connectivity index (χ3v) is 5.82. The van der Waals surface area contributed by atoms with Gasteiger partial charge in [-0.25, -0.2) is 4.98 Å². The number of aromatic nitrogens is 2. The number of benzene rings is 2. The minimum atomic E-state index is -4.76. The zero-order valence-corrected chi connectivity index (χ0v) is 17.7. The first kappa shape index (κ1) is 22.8. The van der Waals surface area contributed by atoms with Crippen LogP contribution in [0.5, 0.6) is 5.75 Å². The Balaban J connectivity index is 1.56. The molecular weight excluding hydrogens is 478 g/mol. The summed E-state index contributed by atoms with van der Waals surface area (Å²) in [5.41, 5.74) is 6.40. The van der Waals surface area contributed by atoms with Crippen LogP contribution in [0.15, 0.2) is 54.7 Å². The molecule has 35 heavy (non-hydrogen) atoms. The van der Waals surface area contributed by atoms with Gasteiger partial charge in [0.1, 0.15) is 24.7 Å². The summed E-state index contributed by atoms with van der Waals surface area (Å²) < 4.78 is 86.5. The van der Waals surface area contributed by atoms with Gasteiger partial charge >= 0.3 is 12.4 Å². The molecule has 0 saturated heterocycles. The van der Waals surface area contributed by atoms with Crippen LogP contribution in [0.3, 0.4) is 0 Å². The van der Waals surface area contributed by atoms with E-state index in [4.69, 9.17) is 10.5 Å². The Morgan fingerprint density at radius 3 is 2.57 bits per heavy atom. The molecule has 0 fully saturated rings. The highest BCUT2D eigenvalue weighted by Gasteiger charge is 2.41. The van der Waals surface area contributed by atoms with E-state index in [1.807, 2.05) is 0 Å². The number of nitrogen functional groups attached to an aromatic ring is 1. The quantitative estimate of drug-likeness (QED) is 0.396. The van der Waals surface area contributed by atoms with Gasteiger partial charge in [0.15, 0.2) is 0 Å². The van der Waals surface area contributed by atoms with Crippen molar-refractivity contribution in [1.82, 2.24) is 14.3 Å². The largest absolute Gasteiger partial charge is 0.491 e. The lowest BCUT2D eigenvalue weighted by Crippen LogP contribution is -2.42. The molecule has 4 aromatic rings. The first-order chi connectivity index (χ1) is 16.4. The molecule has 2 N–H and O–H groups in total. The molecule has 0 radical (unpaired) electrons. The second kappa shape index (κ2) is 7.79. The van der Waals surface area contributed by atoms with Crippen molar-refractivity contribution in [2.75, 3.05) is 18.9 Å². The molecule has 2 aromatic heterocycles. The molecule has 12 heteroatoms. The molecule has 0 saturated carbocycles. The van der Waals surface area contributed by atoms with E-state index in [-0.39, 0.29) is 22.7 Å². The number of ether oxygens (including phenoxy) is 1. The van der Waals surface area contributed by atoms with Crippen LogP contribution in [-0.4, -0.2) is 39.5 Å². The Morgan fingerprint density at radius 2 is 1.86 bits per heavy atom. The lowest BCUT2D eigenvalue weighted by molar-refractivity contribution is -0.145. The molecule has 2 aromatic carbocycles. The third-order valence-electron chi connectivity index (χ3n) is 5.82. The van der Waals surface area contributed by atoms with Crippen molar-refractivity contribution in [3.8, 4) is 5.75 Å². The van der Waals surface area contributed by atoms with Crippen molar-refractivity contribution in [2.24, 2.45) is 0 Å². The van der Waals surface area contributed by atoms with Crippen molar-refractivity contribution < 1.29 is 35.9 Å². The number of hydrogen-bond acceptors (Lipinski definition) is 4. The van der Waals surface area contributed by atoms with Crippen LogP contribution in [-0.2, 0) is 6.18 Å². The monoisotopic (exact) mass is 494 g/mol. The maximum absolute atomic E-state index is 13.5. The molecule has 0 aliphatic carbocycles. The highest BCUT2D eigenvalue weighted by atomic mass is 19.4. The highest BCUT2D eigenvalue weighted by Crippen LogP contribution is 2.41. The summed E-state index contributed by atoms with van der Waals surface area (Å²) in [6.45, 7) is -2.02. The number of nitrogens with zero attached hydrogens (tertiary/aromatic N) is 3. The molecule has 1 atom stereocenters. The van der Waals surface area contributed by atoms with Crippen LogP contribution < -0.4 is 10.5 Å². The standard InChI is InChI=1S/C23H16F6N4O2/c24-22(25,26)11-33(18-10-35-19-9-13(23(27,28)29)4-5-14(18)19)21(34)12-3-6-15-17(8-12)32-7-1-2-16(32)20(30)31-15/h1-9,18H,10-11H2,(H2,30,31). The number of halogens is 6. The number of anilines is 1. The van der Waals surface area contributed by atoms with Crippen LogP contribution in [0.1, 0.15) is 27.5 Å². The number of amides is 1. The Kier molecular flexibility index (Phi) is 5.08. The second-order valence-corrected chi connectivity index (χ2v) is 8.09. The van der Waals surface area contributed by atoms with Gasteiger partial charge in [0.05, 0.1) is 28.2 Å². The van der Waals surface area contributed by atoms with E-state index in [2.05, 4.69) is 4.98 Å². The summed E-state index contributed by atoms with van der Waals surface area (Å²) in [7, 11) is 0. The average Bonchev–Trinajstić information content (AvgIpc) is 3.43. The maximum atomic E-state index is 13.5. The van der Waals surface area contributed by atoms with Gasteiger partial charge in [-0.3, -0.25) is 4.79 Å². The SMILES string of the molecule is Nc1nc2ccc(C(=O)N(CC(F)(F)F)C3COc4cc(C(F)(F)F)ccc43)cc2n2cccc12. The van der Waals surface area contributed by atoms with Crippen LogP contribution in [0, 0.1) is 0 Å². The summed E-state index contributed by atoms with van der Waals surface area (Å²) in [5, 5.41) is 0. The number of alkyl halides is 6. The van der Waals surface area contributed by atoms with Gasteiger partial charge in [0.25, 0.3) is 5.91 Å². The van der Waals surface area contributed by atoms with E-state index in [0.29, 0.717) is 21.5 Å². The Labute approximate surface area is 193 Å². The van der Waals surface area contributed by atoms with Crippen LogP contribution in [0.25, 0.3) is 16.6 Å². The van der Waals surface area contributed by atoms with Gasteiger partial charge in [0.2, 0.25) is 0 Å². The van der Waals surface area contributed by atoms with Crippen molar-refractivity contribution in [3.05, 3.63) is 71.4 Å². The molecule has 1 aliphatic rings. The van der Waals surface area contributed by atoms with E-state index in [1.165, 1.54) is 18.2 Å². The summed E-state index contributed by atoms with van der Waals surface area (Å²) in [6.07, 6.45) is -7.73. The van der Waals surface area contributed by atoms with Crippen LogP contribution in [0.4, 0.5) is 32.2 Å². The van der Waals surface area contributed by atoms with E-state index in [9.17, 15) is 31.1 Å². The number of rotatable bonds is 3. The topological polar surface area (TPSA) is 72.9 Å². The molecule has 0 spiro atoms. The molecule has 3 heterocycles. The lowest BCUT2D eigenvalue weighted by Gasteiger charge is -2.29. The Bertz CT molecular complexity index is 1460. The van der Waals surface area contributed by atoms with E-state index < -0.39 is 43.0 Å². The fraction of sp³-hybridized carbons (Fsp3) is 0.217. The highest BCUT2D eigenvalue weighted by molar-refractivity contribution is 5.98. The number of nitrogens with two attached hydrogens (primary N) is 1. The minimum Gasteiger partial charge on any atom is -0.491 e. The normalized spacial score (nSPS) is 15.9. The van der Waals surface area contributed by atoms with E-state index >= 15 is 0 Å². The van der Waals surface area contributed by atoms with Gasteiger partial charge in [0, 0.05) is 17.3 Å². The predicted molar refractivity (Wildman–Crippen MR) is 114 cm³/mol. The Hall–Kier alpha value is -3.96. The maximum Gasteiger partial charge on any atom is 0.416 e. The third kappa shape index (κ3) is 4.08. The van der Waals surface area contributed by atoms with Crippen molar-refractivity contribution in [1.29, 1.82) is 0 Å². The fourth-order valence-corrected chi connectivity index (χ4v) is 4.24. The summed E-state index contributed by atoms with van der Waals surface area (Å²) in [5.74, 6) is -0.919. The van der Waals surface area contributed by atoms with E-state index in [1.54, 1.807) is 22.7 Å². The molecule has 182 valence electrons. The molecule has 5 rings (SSSR count). The molecule has 1 unspecified atom stereocenters. The predicted octanol–water partition coefficient (Wildman–Crippen LogP) is 5.23. The van der Waals surface area contributed by atoms with E-state index in [0.717, 1.165) is 18.2 Å². The zero-order chi connectivity index (χ0) is 25.1. The summed E-state index contributed by atoms with van der Waals surface area (Å²) >= 11 is 0. The van der Waals surface area contributed by atoms with Gasteiger partial charge in [-0.1, -0.05) is 6.07 Å². The molecular formula is C23H16F6N4O2. The fourth-order valence-electron chi connectivity index (χ4n) is 4.24. The second-order valence-electron chi connectivity index (χ2n) is 8.09. The van der Waals surface area contributed by atoms with Gasteiger partial charge in [-0.2, -0.15) is 26.3 Å². The van der Waals surface area contributed by atoms with Crippen molar-refractivity contribution >= 4 is 28.3 Å². The lowest BCUT2D eigenvalue weighted by atomic mass is 10.0. The molecule has 0 bridgehead atoms. The number of fused-ring (bicyclic) bond motifs is 4.